The van der Waals surface area contributed by atoms with Crippen molar-refractivity contribution in [2.45, 2.75) is 6.42 Å². The van der Waals surface area contributed by atoms with Crippen molar-refractivity contribution in [3.05, 3.63) is 29.5 Å². The Bertz CT molecular complexity index is 464. The highest BCUT2D eigenvalue weighted by Gasteiger charge is 2.09. The molecule has 16 heavy (non-hydrogen) atoms. The van der Waals surface area contributed by atoms with E-state index in [0.717, 1.165) is 5.01 Å². The van der Waals surface area contributed by atoms with E-state index in [4.69, 9.17) is 4.42 Å². The molecule has 0 saturated heterocycles. The van der Waals surface area contributed by atoms with Gasteiger partial charge in [0.2, 0.25) is 5.91 Å². The summed E-state index contributed by atoms with van der Waals surface area (Å²) in [6, 6.07) is 3.63. The van der Waals surface area contributed by atoms with Crippen LogP contribution in [-0.4, -0.2) is 18.0 Å². The molecular weight excluding hydrogens is 228 g/mol. The number of hydrogen-bond acceptors (Lipinski definition) is 5. The van der Waals surface area contributed by atoms with E-state index in [1.54, 1.807) is 12.3 Å². The van der Waals surface area contributed by atoms with Gasteiger partial charge in [0.1, 0.15) is 0 Å². The van der Waals surface area contributed by atoms with Gasteiger partial charge in [-0.2, -0.15) is 0 Å². The highest BCUT2D eigenvalue weighted by Crippen LogP contribution is 2.23. The fourth-order valence-corrected chi connectivity index (χ4v) is 2.00. The number of hydrogen-bond donors (Lipinski definition) is 1. The van der Waals surface area contributed by atoms with E-state index in [-0.39, 0.29) is 12.3 Å². The average Bonchev–Trinajstić information content (AvgIpc) is 2.86. The van der Waals surface area contributed by atoms with E-state index in [1.165, 1.54) is 18.4 Å². The predicted octanol–water partition coefficient (Wildman–Crippen LogP) is 1.62. The van der Waals surface area contributed by atoms with Crippen molar-refractivity contribution in [1.82, 2.24) is 10.5 Å². The summed E-state index contributed by atoms with van der Waals surface area (Å²) in [6.45, 7) is 0. The van der Waals surface area contributed by atoms with Crippen LogP contribution in [-0.2, 0) is 16.1 Å². The van der Waals surface area contributed by atoms with E-state index in [2.05, 4.69) is 15.3 Å². The molecule has 0 aromatic carbocycles. The number of hydroxylamine groups is 1. The van der Waals surface area contributed by atoms with Crippen LogP contribution in [0.2, 0.25) is 0 Å². The second kappa shape index (κ2) is 4.91. The molecule has 0 aliphatic rings. The van der Waals surface area contributed by atoms with Gasteiger partial charge in [0.05, 0.1) is 25.5 Å². The molecule has 5 nitrogen and oxygen atoms in total. The zero-order chi connectivity index (χ0) is 11.4. The van der Waals surface area contributed by atoms with Crippen LogP contribution in [0.5, 0.6) is 0 Å². The summed E-state index contributed by atoms with van der Waals surface area (Å²) >= 11 is 1.44. The summed E-state index contributed by atoms with van der Waals surface area (Å²) in [7, 11) is 1.40. The molecule has 0 spiro atoms. The third-order valence-electron chi connectivity index (χ3n) is 1.84. The molecular formula is C10H10N2O3S. The maximum absolute atomic E-state index is 11.2. The predicted molar refractivity (Wildman–Crippen MR) is 58.7 cm³/mol. The Morgan fingerprint density at radius 3 is 3.25 bits per heavy atom. The average molecular weight is 238 g/mol. The van der Waals surface area contributed by atoms with Gasteiger partial charge in [-0.3, -0.25) is 9.63 Å². The van der Waals surface area contributed by atoms with Crippen molar-refractivity contribution in [3.63, 3.8) is 0 Å². The van der Waals surface area contributed by atoms with Crippen LogP contribution in [0, 0.1) is 0 Å². The molecule has 0 aliphatic heterocycles. The van der Waals surface area contributed by atoms with Gasteiger partial charge in [0.15, 0.2) is 10.8 Å². The molecule has 1 amide bonds. The highest BCUT2D eigenvalue weighted by molar-refractivity contribution is 7.13. The molecule has 2 aromatic rings. The molecule has 0 fully saturated rings. The molecule has 0 unspecified atom stereocenters. The molecule has 0 radical (unpaired) electrons. The van der Waals surface area contributed by atoms with Crippen molar-refractivity contribution in [3.8, 4) is 10.8 Å². The lowest BCUT2D eigenvalue weighted by molar-refractivity contribution is -0.130. The Balaban J connectivity index is 2.06. The van der Waals surface area contributed by atoms with Gasteiger partial charge in [-0.25, -0.2) is 10.5 Å². The summed E-state index contributed by atoms with van der Waals surface area (Å²) in [6.07, 6.45) is 1.79. The maximum atomic E-state index is 11.2. The van der Waals surface area contributed by atoms with Gasteiger partial charge in [0.25, 0.3) is 0 Å². The molecule has 84 valence electrons. The third-order valence-corrected chi connectivity index (χ3v) is 2.75. The Morgan fingerprint density at radius 1 is 1.69 bits per heavy atom. The second-order valence-electron chi connectivity index (χ2n) is 3.03. The molecule has 2 heterocycles. The lowest BCUT2D eigenvalue weighted by Gasteiger charge is -1.98. The van der Waals surface area contributed by atoms with Gasteiger partial charge < -0.3 is 4.42 Å². The molecule has 2 rings (SSSR count). The number of furan rings is 1. The fourth-order valence-electron chi connectivity index (χ4n) is 1.22. The molecule has 1 N–H and O–H groups in total. The summed E-state index contributed by atoms with van der Waals surface area (Å²) in [4.78, 5) is 20.0. The fraction of sp³-hybridized carbons (Fsp3) is 0.200. The zero-order valence-electron chi connectivity index (χ0n) is 8.60. The van der Waals surface area contributed by atoms with Crippen LogP contribution >= 0.6 is 11.3 Å². The first-order chi connectivity index (χ1) is 7.79. The van der Waals surface area contributed by atoms with Crippen LogP contribution in [0.15, 0.2) is 28.2 Å². The first kappa shape index (κ1) is 10.8. The van der Waals surface area contributed by atoms with E-state index in [1.807, 2.05) is 11.4 Å². The Kier molecular flexibility index (Phi) is 3.33. The standard InChI is InChI=1S/C10H10N2O3S/c1-14-12-9(13)5-7-6-16-10(11-7)8-3-2-4-15-8/h2-4,6H,5H2,1H3,(H,12,13). The Hall–Kier alpha value is -1.66. The minimum absolute atomic E-state index is 0.199. The number of nitrogens with one attached hydrogen (secondary N) is 1. The highest BCUT2D eigenvalue weighted by atomic mass is 32.1. The number of rotatable bonds is 4. The van der Waals surface area contributed by atoms with Crippen LogP contribution in [0.3, 0.4) is 0 Å². The largest absolute Gasteiger partial charge is 0.462 e. The molecule has 0 saturated carbocycles. The Labute approximate surface area is 96.0 Å². The second-order valence-corrected chi connectivity index (χ2v) is 3.89. The zero-order valence-corrected chi connectivity index (χ0v) is 9.41. The molecule has 0 bridgehead atoms. The maximum Gasteiger partial charge on any atom is 0.249 e. The third kappa shape index (κ3) is 2.47. The number of thiazole rings is 1. The number of amides is 1. The normalized spacial score (nSPS) is 10.3. The SMILES string of the molecule is CONC(=O)Cc1csc(-c2ccco2)n1. The van der Waals surface area contributed by atoms with Crippen molar-refractivity contribution in [2.75, 3.05) is 7.11 Å². The summed E-state index contributed by atoms with van der Waals surface area (Å²) in [5.74, 6) is 0.488. The lowest BCUT2D eigenvalue weighted by Crippen LogP contribution is -2.23. The summed E-state index contributed by atoms with van der Waals surface area (Å²) < 4.78 is 5.21. The summed E-state index contributed by atoms with van der Waals surface area (Å²) in [5, 5.41) is 2.60. The monoisotopic (exact) mass is 238 g/mol. The van der Waals surface area contributed by atoms with E-state index in [0.29, 0.717) is 11.5 Å². The first-order valence-electron chi connectivity index (χ1n) is 4.59. The number of carbonyl (C=O) groups excluding carboxylic acids is 1. The van der Waals surface area contributed by atoms with Crippen molar-refractivity contribution < 1.29 is 14.0 Å². The molecule has 6 heteroatoms. The number of aromatic nitrogens is 1. The minimum atomic E-state index is -0.223. The number of carbonyl (C=O) groups is 1. The van der Waals surface area contributed by atoms with Crippen molar-refractivity contribution in [2.24, 2.45) is 0 Å². The Morgan fingerprint density at radius 2 is 2.56 bits per heavy atom. The topological polar surface area (TPSA) is 64.4 Å². The molecule has 0 atom stereocenters. The quantitative estimate of drug-likeness (QED) is 0.822. The van der Waals surface area contributed by atoms with E-state index < -0.39 is 0 Å². The lowest BCUT2D eigenvalue weighted by atomic mass is 10.3. The van der Waals surface area contributed by atoms with Gasteiger partial charge in [-0.1, -0.05) is 0 Å². The van der Waals surface area contributed by atoms with Crippen LogP contribution in [0.1, 0.15) is 5.69 Å². The van der Waals surface area contributed by atoms with Gasteiger partial charge >= 0.3 is 0 Å². The first-order valence-corrected chi connectivity index (χ1v) is 5.47. The van der Waals surface area contributed by atoms with E-state index in [9.17, 15) is 4.79 Å². The van der Waals surface area contributed by atoms with Gasteiger partial charge in [-0.05, 0) is 12.1 Å². The molecule has 0 aliphatic carbocycles. The molecule has 2 aromatic heterocycles. The van der Waals surface area contributed by atoms with Gasteiger partial charge in [-0.15, -0.1) is 11.3 Å². The van der Waals surface area contributed by atoms with Crippen LogP contribution < -0.4 is 5.48 Å². The smallest absolute Gasteiger partial charge is 0.249 e. The van der Waals surface area contributed by atoms with Crippen LogP contribution in [0.25, 0.3) is 10.8 Å². The van der Waals surface area contributed by atoms with Crippen molar-refractivity contribution in [1.29, 1.82) is 0 Å². The van der Waals surface area contributed by atoms with Crippen LogP contribution in [0.4, 0.5) is 0 Å². The summed E-state index contributed by atoms with van der Waals surface area (Å²) in [5.41, 5.74) is 2.94. The minimum Gasteiger partial charge on any atom is -0.462 e. The van der Waals surface area contributed by atoms with Crippen molar-refractivity contribution >= 4 is 17.2 Å². The number of nitrogens with zero attached hydrogens (tertiary/aromatic N) is 1. The van der Waals surface area contributed by atoms with E-state index >= 15 is 0 Å². The van der Waals surface area contributed by atoms with Gasteiger partial charge in [0, 0.05) is 5.38 Å².